The van der Waals surface area contributed by atoms with Crippen LogP contribution in [0.4, 0.5) is 0 Å². The highest BCUT2D eigenvalue weighted by molar-refractivity contribution is 7.89. The van der Waals surface area contributed by atoms with E-state index in [1.165, 1.54) is 4.31 Å². The molecule has 31 heavy (non-hydrogen) atoms. The lowest BCUT2D eigenvalue weighted by Crippen LogP contribution is -2.41. The molecule has 1 unspecified atom stereocenters. The van der Waals surface area contributed by atoms with Crippen molar-refractivity contribution in [3.63, 3.8) is 0 Å². The van der Waals surface area contributed by atoms with Crippen molar-refractivity contribution in [2.24, 2.45) is 0 Å². The van der Waals surface area contributed by atoms with E-state index in [9.17, 15) is 13.5 Å². The van der Waals surface area contributed by atoms with Crippen LogP contribution in [0, 0.1) is 0 Å². The van der Waals surface area contributed by atoms with Gasteiger partial charge in [0, 0.05) is 19.7 Å². The second kappa shape index (κ2) is 10.9. The third-order valence-electron chi connectivity index (χ3n) is 5.57. The van der Waals surface area contributed by atoms with E-state index in [2.05, 4.69) is 0 Å². The average Bonchev–Trinajstić information content (AvgIpc) is 3.31. The second-order valence-electron chi connectivity index (χ2n) is 7.68. The quantitative estimate of drug-likeness (QED) is 0.568. The molecule has 1 fully saturated rings. The monoisotopic (exact) mass is 449 g/mol. The summed E-state index contributed by atoms with van der Waals surface area (Å²) < 4.78 is 44.6. The molecular weight excluding hydrogens is 418 g/mol. The summed E-state index contributed by atoms with van der Waals surface area (Å²) in [5.41, 5.74) is 1.68. The maximum atomic E-state index is 13.6. The molecule has 0 aromatic heterocycles. The van der Waals surface area contributed by atoms with Gasteiger partial charge in [0.1, 0.15) is 16.7 Å². The predicted octanol–water partition coefficient (Wildman–Crippen LogP) is 2.97. The molecular formula is C23H31NO6S. The number of methoxy groups -OCH3 is 2. The van der Waals surface area contributed by atoms with Crippen LogP contribution in [0.1, 0.15) is 30.4 Å². The molecule has 0 bridgehead atoms. The van der Waals surface area contributed by atoms with Crippen LogP contribution in [0.15, 0.2) is 48.5 Å². The minimum atomic E-state index is -3.79. The highest BCUT2D eigenvalue weighted by atomic mass is 32.2. The Kier molecular flexibility index (Phi) is 8.31. The summed E-state index contributed by atoms with van der Waals surface area (Å²) in [6, 6.07) is 14.6. The van der Waals surface area contributed by atoms with E-state index in [1.807, 2.05) is 48.5 Å². The minimum Gasteiger partial charge on any atom is -0.497 e. The van der Waals surface area contributed by atoms with Gasteiger partial charge >= 0.3 is 0 Å². The zero-order chi connectivity index (χ0) is 22.3. The van der Waals surface area contributed by atoms with Gasteiger partial charge in [-0.3, -0.25) is 0 Å². The van der Waals surface area contributed by atoms with E-state index in [1.54, 1.807) is 14.2 Å². The van der Waals surface area contributed by atoms with Crippen LogP contribution < -0.4 is 9.47 Å². The van der Waals surface area contributed by atoms with E-state index in [0.29, 0.717) is 24.5 Å². The topological polar surface area (TPSA) is 85.3 Å². The van der Waals surface area contributed by atoms with Gasteiger partial charge in [-0.1, -0.05) is 24.3 Å². The largest absolute Gasteiger partial charge is 0.497 e. The number of sulfonamides is 1. The lowest BCUT2D eigenvalue weighted by Gasteiger charge is -2.28. The zero-order valence-electron chi connectivity index (χ0n) is 18.1. The van der Waals surface area contributed by atoms with Gasteiger partial charge in [0.25, 0.3) is 0 Å². The maximum absolute atomic E-state index is 13.6. The summed E-state index contributed by atoms with van der Waals surface area (Å²) in [4.78, 5) is 0. The summed E-state index contributed by atoms with van der Waals surface area (Å²) in [5, 5.41) is 9.04. The van der Waals surface area contributed by atoms with Crippen LogP contribution in [-0.2, 0) is 27.8 Å². The molecule has 1 heterocycles. The summed E-state index contributed by atoms with van der Waals surface area (Å²) >= 11 is 0. The van der Waals surface area contributed by atoms with Gasteiger partial charge in [0.15, 0.2) is 0 Å². The number of ether oxygens (including phenoxy) is 3. The first-order valence-corrected chi connectivity index (χ1v) is 11.9. The molecule has 0 aliphatic carbocycles. The lowest BCUT2D eigenvalue weighted by molar-refractivity contribution is 0.0970. The molecule has 0 spiro atoms. The molecule has 1 aliphatic rings. The molecule has 1 aliphatic heterocycles. The smallest absolute Gasteiger partial charge is 0.219 e. The fourth-order valence-corrected chi connectivity index (χ4v) is 5.46. The van der Waals surface area contributed by atoms with Gasteiger partial charge in [-0.05, 0) is 54.7 Å². The minimum absolute atomic E-state index is 0.129. The van der Waals surface area contributed by atoms with Crippen LogP contribution in [0.5, 0.6) is 11.5 Å². The normalized spacial score (nSPS) is 17.6. The Morgan fingerprint density at radius 1 is 1.00 bits per heavy atom. The summed E-state index contributed by atoms with van der Waals surface area (Å²) in [6.07, 6.45) is 1.91. The van der Waals surface area contributed by atoms with E-state index in [4.69, 9.17) is 14.2 Å². The second-order valence-corrected chi connectivity index (χ2v) is 9.90. The Labute approximate surface area is 184 Å². The summed E-state index contributed by atoms with van der Waals surface area (Å²) in [7, 11) is -0.608. The number of aliphatic hydroxyl groups is 1. The van der Waals surface area contributed by atoms with Gasteiger partial charge in [-0.2, -0.15) is 4.31 Å². The van der Waals surface area contributed by atoms with Crippen molar-refractivity contribution in [2.45, 2.75) is 43.7 Å². The fraction of sp³-hybridized carbons (Fsp3) is 0.478. The molecule has 7 nitrogen and oxygen atoms in total. The number of nitrogens with zero attached hydrogens (tertiary/aromatic N) is 1. The van der Waals surface area contributed by atoms with E-state index < -0.39 is 21.9 Å². The number of hydrogen-bond donors (Lipinski definition) is 1. The molecule has 1 N–H and O–H groups in total. The first kappa shape index (κ1) is 23.5. The first-order valence-electron chi connectivity index (χ1n) is 10.4. The number of aliphatic hydroxyl groups excluding tert-OH is 1. The van der Waals surface area contributed by atoms with Crippen LogP contribution >= 0.6 is 0 Å². The molecule has 3 rings (SSSR count). The van der Waals surface area contributed by atoms with Crippen LogP contribution in [0.2, 0.25) is 0 Å². The molecule has 1 saturated heterocycles. The molecule has 2 aromatic carbocycles. The molecule has 8 heteroatoms. The van der Waals surface area contributed by atoms with Crippen molar-refractivity contribution in [3.8, 4) is 11.5 Å². The van der Waals surface area contributed by atoms with Crippen molar-refractivity contribution < 1.29 is 27.7 Å². The van der Waals surface area contributed by atoms with Crippen molar-refractivity contribution in [1.82, 2.24) is 4.31 Å². The molecule has 170 valence electrons. The molecule has 2 aromatic rings. The fourth-order valence-electron chi connectivity index (χ4n) is 3.73. The summed E-state index contributed by atoms with van der Waals surface area (Å²) in [5.74, 6) is 1.42. The third-order valence-corrected chi connectivity index (χ3v) is 7.73. The number of hydrogen-bond acceptors (Lipinski definition) is 6. The van der Waals surface area contributed by atoms with E-state index in [-0.39, 0.29) is 19.2 Å². The maximum Gasteiger partial charge on any atom is 0.219 e. The third kappa shape index (κ3) is 6.20. The summed E-state index contributed by atoms with van der Waals surface area (Å²) in [6.45, 7) is 0.592. The zero-order valence-corrected chi connectivity index (χ0v) is 18.9. The number of rotatable bonds is 11. The molecule has 2 atom stereocenters. The van der Waals surface area contributed by atoms with Crippen LogP contribution in [-0.4, -0.2) is 56.6 Å². The first-order chi connectivity index (χ1) is 15.0. The van der Waals surface area contributed by atoms with Crippen molar-refractivity contribution >= 4 is 10.0 Å². The Balaban J connectivity index is 1.85. The van der Waals surface area contributed by atoms with Crippen LogP contribution in [0.25, 0.3) is 0 Å². The predicted molar refractivity (Wildman–Crippen MR) is 119 cm³/mol. The van der Waals surface area contributed by atoms with Gasteiger partial charge in [-0.15, -0.1) is 0 Å². The standard InChI is InChI=1S/C23H31NO6S/c1-28-20-9-5-18(6-10-20)15-24(16-19-7-11-21(29-2)12-8-19)31(26,27)23(17-25)14-22-4-3-13-30-22/h5-12,22-23,25H,3-4,13-17H2,1-2H3/t22?,23-/m1/s1. The lowest BCUT2D eigenvalue weighted by atomic mass is 10.1. The van der Waals surface area contributed by atoms with Crippen molar-refractivity contribution in [2.75, 3.05) is 27.4 Å². The van der Waals surface area contributed by atoms with Crippen LogP contribution in [0.3, 0.4) is 0 Å². The van der Waals surface area contributed by atoms with E-state index >= 15 is 0 Å². The Bertz CT molecular complexity index is 859. The SMILES string of the molecule is COc1ccc(CN(Cc2ccc(OC)cc2)S(=O)(=O)[C@@H](CO)CC2CCCO2)cc1. The highest BCUT2D eigenvalue weighted by Crippen LogP contribution is 2.25. The Morgan fingerprint density at radius 2 is 1.52 bits per heavy atom. The van der Waals surface area contributed by atoms with Crippen molar-refractivity contribution in [3.05, 3.63) is 59.7 Å². The Hall–Kier alpha value is -2.13. The van der Waals surface area contributed by atoms with Crippen molar-refractivity contribution in [1.29, 1.82) is 0 Å². The van der Waals surface area contributed by atoms with E-state index in [0.717, 1.165) is 24.0 Å². The Morgan fingerprint density at radius 3 is 1.90 bits per heavy atom. The van der Waals surface area contributed by atoms with Gasteiger partial charge in [-0.25, -0.2) is 8.42 Å². The highest BCUT2D eigenvalue weighted by Gasteiger charge is 2.35. The van der Waals surface area contributed by atoms with Gasteiger partial charge < -0.3 is 19.3 Å². The van der Waals surface area contributed by atoms with Gasteiger partial charge in [0.2, 0.25) is 10.0 Å². The molecule has 0 saturated carbocycles. The number of benzene rings is 2. The average molecular weight is 450 g/mol. The molecule has 0 radical (unpaired) electrons. The van der Waals surface area contributed by atoms with Gasteiger partial charge in [0.05, 0.1) is 26.9 Å². The molecule has 0 amide bonds.